The predicted octanol–water partition coefficient (Wildman–Crippen LogP) is 3.85. The third kappa shape index (κ3) is 3.57. The number of carbonyl (C=O) groups is 1. The molecule has 0 bridgehead atoms. The summed E-state index contributed by atoms with van der Waals surface area (Å²) in [7, 11) is 1.77. The molecule has 3 heterocycles. The second kappa shape index (κ2) is 7.87. The van der Waals surface area contributed by atoms with E-state index in [1.54, 1.807) is 39.7 Å². The SMILES string of the molecule is CN(Cc1cnn(-c2ccccc2)c1)C(=O)c1cnn2c(-c3ccccc3)ccnc12. The van der Waals surface area contributed by atoms with Crippen LogP contribution in [0.1, 0.15) is 15.9 Å². The highest BCUT2D eigenvalue weighted by molar-refractivity contribution is 5.99. The molecule has 7 heteroatoms. The van der Waals surface area contributed by atoms with Gasteiger partial charge in [0.25, 0.3) is 5.91 Å². The Balaban J connectivity index is 1.40. The van der Waals surface area contributed by atoms with Crippen LogP contribution in [0.5, 0.6) is 0 Å². The van der Waals surface area contributed by atoms with Crippen molar-refractivity contribution >= 4 is 11.6 Å². The molecule has 2 aromatic carbocycles. The minimum absolute atomic E-state index is 0.139. The molecule has 0 unspecified atom stereocenters. The number of benzene rings is 2. The lowest BCUT2D eigenvalue weighted by Gasteiger charge is -2.15. The van der Waals surface area contributed by atoms with Gasteiger partial charge in [-0.2, -0.15) is 10.2 Å². The van der Waals surface area contributed by atoms with Crippen molar-refractivity contribution in [3.8, 4) is 16.9 Å². The van der Waals surface area contributed by atoms with E-state index in [0.29, 0.717) is 17.8 Å². The van der Waals surface area contributed by atoms with Crippen molar-refractivity contribution in [3.05, 3.63) is 103 Å². The van der Waals surface area contributed by atoms with Crippen LogP contribution in [0.3, 0.4) is 0 Å². The van der Waals surface area contributed by atoms with E-state index in [-0.39, 0.29) is 5.91 Å². The molecule has 0 saturated heterocycles. The summed E-state index contributed by atoms with van der Waals surface area (Å²) in [4.78, 5) is 19.2. The number of para-hydroxylation sites is 1. The van der Waals surface area contributed by atoms with Gasteiger partial charge in [-0.25, -0.2) is 14.2 Å². The van der Waals surface area contributed by atoms with Crippen LogP contribution >= 0.6 is 0 Å². The van der Waals surface area contributed by atoms with Crippen molar-refractivity contribution in [1.82, 2.24) is 29.3 Å². The number of hydrogen-bond acceptors (Lipinski definition) is 4. The highest BCUT2D eigenvalue weighted by atomic mass is 16.2. The number of amides is 1. The van der Waals surface area contributed by atoms with Crippen LogP contribution in [0.2, 0.25) is 0 Å². The topological polar surface area (TPSA) is 68.3 Å². The van der Waals surface area contributed by atoms with E-state index in [2.05, 4.69) is 15.2 Å². The lowest BCUT2D eigenvalue weighted by atomic mass is 10.1. The van der Waals surface area contributed by atoms with Gasteiger partial charge in [0.05, 0.1) is 23.8 Å². The monoisotopic (exact) mass is 408 g/mol. The van der Waals surface area contributed by atoms with Crippen LogP contribution in [0.15, 0.2) is 91.5 Å². The first-order valence-electron chi connectivity index (χ1n) is 9.93. The molecule has 3 aromatic heterocycles. The molecule has 0 fully saturated rings. The smallest absolute Gasteiger partial charge is 0.259 e. The minimum Gasteiger partial charge on any atom is -0.337 e. The quantitative estimate of drug-likeness (QED) is 0.443. The molecule has 0 N–H and O–H groups in total. The third-order valence-corrected chi connectivity index (χ3v) is 5.12. The fourth-order valence-corrected chi connectivity index (χ4v) is 3.58. The van der Waals surface area contributed by atoms with Crippen molar-refractivity contribution in [3.63, 3.8) is 0 Å². The van der Waals surface area contributed by atoms with Gasteiger partial charge in [-0.1, -0.05) is 48.5 Å². The Bertz CT molecular complexity index is 1340. The summed E-state index contributed by atoms with van der Waals surface area (Å²) in [5, 5.41) is 8.85. The molecule has 152 valence electrons. The molecule has 0 radical (unpaired) electrons. The lowest BCUT2D eigenvalue weighted by Crippen LogP contribution is -2.26. The van der Waals surface area contributed by atoms with Gasteiger partial charge in [-0.3, -0.25) is 4.79 Å². The maximum absolute atomic E-state index is 13.2. The average molecular weight is 408 g/mol. The molecular formula is C24H20N6O. The van der Waals surface area contributed by atoms with E-state index in [9.17, 15) is 4.79 Å². The molecule has 5 aromatic rings. The first-order valence-corrected chi connectivity index (χ1v) is 9.93. The summed E-state index contributed by atoms with van der Waals surface area (Å²) in [6.45, 7) is 0.432. The molecule has 0 atom stereocenters. The lowest BCUT2D eigenvalue weighted by molar-refractivity contribution is 0.0787. The summed E-state index contributed by atoms with van der Waals surface area (Å²) < 4.78 is 3.51. The van der Waals surface area contributed by atoms with Gasteiger partial charge in [0.1, 0.15) is 5.56 Å². The number of rotatable bonds is 5. The molecule has 0 aliphatic carbocycles. The van der Waals surface area contributed by atoms with Gasteiger partial charge in [0.15, 0.2) is 5.65 Å². The highest BCUT2D eigenvalue weighted by Gasteiger charge is 2.20. The van der Waals surface area contributed by atoms with Crippen LogP contribution in [-0.2, 0) is 6.54 Å². The van der Waals surface area contributed by atoms with Gasteiger partial charge in [-0.05, 0) is 18.2 Å². The molecule has 0 aliphatic rings. The molecule has 5 rings (SSSR count). The Kier molecular flexibility index (Phi) is 4.76. The van der Waals surface area contributed by atoms with Crippen LogP contribution in [0.25, 0.3) is 22.6 Å². The van der Waals surface area contributed by atoms with Crippen LogP contribution < -0.4 is 0 Å². The van der Waals surface area contributed by atoms with E-state index >= 15 is 0 Å². The van der Waals surface area contributed by atoms with E-state index in [0.717, 1.165) is 22.5 Å². The summed E-state index contributed by atoms with van der Waals surface area (Å²) in [5.74, 6) is -0.139. The largest absolute Gasteiger partial charge is 0.337 e. The van der Waals surface area contributed by atoms with Gasteiger partial charge >= 0.3 is 0 Å². The van der Waals surface area contributed by atoms with E-state index in [4.69, 9.17) is 0 Å². The predicted molar refractivity (Wildman–Crippen MR) is 118 cm³/mol. The Hall–Kier alpha value is -4.26. The zero-order valence-corrected chi connectivity index (χ0v) is 17.0. The standard InChI is InChI=1S/C24H20N6O/c1-28(16-18-14-26-29(17-18)20-10-6-3-7-11-20)24(31)21-15-27-30-22(12-13-25-23(21)30)19-8-4-2-5-9-19/h2-15,17H,16H2,1H3. The van der Waals surface area contributed by atoms with Crippen LogP contribution in [0.4, 0.5) is 0 Å². The zero-order chi connectivity index (χ0) is 21.2. The van der Waals surface area contributed by atoms with Crippen LogP contribution in [-0.4, -0.2) is 42.2 Å². The highest BCUT2D eigenvalue weighted by Crippen LogP contribution is 2.21. The Morgan fingerprint density at radius 1 is 0.935 bits per heavy atom. The Morgan fingerprint density at radius 2 is 1.68 bits per heavy atom. The Morgan fingerprint density at radius 3 is 2.45 bits per heavy atom. The van der Waals surface area contributed by atoms with E-state index in [1.807, 2.05) is 72.9 Å². The number of hydrogen-bond donors (Lipinski definition) is 0. The van der Waals surface area contributed by atoms with Gasteiger partial charge in [-0.15, -0.1) is 0 Å². The van der Waals surface area contributed by atoms with Gasteiger partial charge in [0.2, 0.25) is 0 Å². The molecule has 0 aliphatic heterocycles. The fraction of sp³-hybridized carbons (Fsp3) is 0.0833. The zero-order valence-electron chi connectivity index (χ0n) is 17.0. The van der Waals surface area contributed by atoms with Gasteiger partial charge < -0.3 is 4.90 Å². The molecule has 0 saturated carbocycles. The summed E-state index contributed by atoms with van der Waals surface area (Å²) in [6.07, 6.45) is 7.00. The number of aromatic nitrogens is 5. The summed E-state index contributed by atoms with van der Waals surface area (Å²) in [6, 6.07) is 21.7. The van der Waals surface area contributed by atoms with Crippen LogP contribution in [0, 0.1) is 0 Å². The first-order chi connectivity index (χ1) is 15.2. The third-order valence-electron chi connectivity index (χ3n) is 5.12. The number of nitrogens with zero attached hydrogens (tertiary/aromatic N) is 6. The average Bonchev–Trinajstić information content (AvgIpc) is 3.47. The van der Waals surface area contributed by atoms with Gasteiger partial charge in [0, 0.05) is 37.1 Å². The molecule has 1 amide bonds. The van der Waals surface area contributed by atoms with E-state index in [1.165, 1.54) is 0 Å². The van der Waals surface area contributed by atoms with E-state index < -0.39 is 0 Å². The molecule has 0 spiro atoms. The van der Waals surface area contributed by atoms with Crippen molar-refractivity contribution in [2.75, 3.05) is 7.05 Å². The first kappa shape index (κ1) is 18.7. The number of fused-ring (bicyclic) bond motifs is 1. The maximum Gasteiger partial charge on any atom is 0.259 e. The fourth-order valence-electron chi connectivity index (χ4n) is 3.58. The van der Waals surface area contributed by atoms with Crippen molar-refractivity contribution in [2.45, 2.75) is 6.54 Å². The normalized spacial score (nSPS) is 11.0. The molecular weight excluding hydrogens is 388 g/mol. The number of carbonyl (C=O) groups excluding carboxylic acids is 1. The van der Waals surface area contributed by atoms with Crippen molar-refractivity contribution in [1.29, 1.82) is 0 Å². The van der Waals surface area contributed by atoms with Crippen molar-refractivity contribution < 1.29 is 4.79 Å². The Labute approximate surface area is 179 Å². The summed E-state index contributed by atoms with van der Waals surface area (Å²) in [5.41, 5.74) is 4.82. The maximum atomic E-state index is 13.2. The second-order valence-corrected chi connectivity index (χ2v) is 7.28. The molecule has 31 heavy (non-hydrogen) atoms. The summed E-state index contributed by atoms with van der Waals surface area (Å²) >= 11 is 0. The van der Waals surface area contributed by atoms with Crippen molar-refractivity contribution in [2.24, 2.45) is 0 Å². The second-order valence-electron chi connectivity index (χ2n) is 7.28. The minimum atomic E-state index is -0.139. The molecule has 7 nitrogen and oxygen atoms in total.